The molecular formula is C19H19N3O. The van der Waals surface area contributed by atoms with Crippen LogP contribution in [0.3, 0.4) is 0 Å². The summed E-state index contributed by atoms with van der Waals surface area (Å²) in [5, 5.41) is 8.76. The van der Waals surface area contributed by atoms with E-state index in [9.17, 15) is 4.79 Å². The molecule has 4 heteroatoms. The monoisotopic (exact) mass is 305 g/mol. The van der Waals surface area contributed by atoms with Gasteiger partial charge in [0.25, 0.3) is 0 Å². The number of rotatable bonds is 3. The Hall–Kier alpha value is -2.62. The number of hydrogen-bond acceptors (Lipinski definition) is 2. The zero-order valence-corrected chi connectivity index (χ0v) is 13.1. The third-order valence-corrected chi connectivity index (χ3v) is 4.59. The number of hydrogen-bond donors (Lipinski definition) is 1. The van der Waals surface area contributed by atoms with Crippen LogP contribution in [0.4, 0.5) is 0 Å². The maximum Gasteiger partial charge on any atom is 0.227 e. The van der Waals surface area contributed by atoms with Gasteiger partial charge in [0.15, 0.2) is 0 Å². The lowest BCUT2D eigenvalue weighted by Gasteiger charge is -2.09. The summed E-state index contributed by atoms with van der Waals surface area (Å²) in [4.78, 5) is 12.0. The van der Waals surface area contributed by atoms with Crippen molar-refractivity contribution in [3.8, 4) is 0 Å². The molecule has 0 radical (unpaired) electrons. The van der Waals surface area contributed by atoms with E-state index in [2.05, 4.69) is 40.7 Å². The fraction of sp³-hybridized carbons (Fsp3) is 0.263. The molecule has 4 nitrogen and oxygen atoms in total. The molecule has 2 heterocycles. The van der Waals surface area contributed by atoms with Gasteiger partial charge in [-0.1, -0.05) is 42.5 Å². The number of carbonyl (C=O) groups is 1. The van der Waals surface area contributed by atoms with E-state index in [1.807, 2.05) is 29.8 Å². The van der Waals surface area contributed by atoms with Crippen molar-refractivity contribution < 1.29 is 4.79 Å². The average Bonchev–Trinajstić information content (AvgIpc) is 3.12. The van der Waals surface area contributed by atoms with Crippen LogP contribution in [0.25, 0.3) is 10.9 Å². The summed E-state index contributed by atoms with van der Waals surface area (Å²) in [6, 6.07) is 16.6. The Morgan fingerprint density at radius 3 is 2.78 bits per heavy atom. The van der Waals surface area contributed by atoms with Crippen LogP contribution < -0.4 is 5.32 Å². The minimum atomic E-state index is -0.0280. The Morgan fingerprint density at radius 1 is 1.22 bits per heavy atom. The van der Waals surface area contributed by atoms with Crippen LogP contribution in [-0.4, -0.2) is 22.2 Å². The Labute approximate surface area is 135 Å². The zero-order chi connectivity index (χ0) is 15.8. The van der Waals surface area contributed by atoms with Crippen LogP contribution in [0.15, 0.2) is 48.5 Å². The van der Waals surface area contributed by atoms with Crippen LogP contribution in [-0.2, 0) is 11.3 Å². The summed E-state index contributed by atoms with van der Waals surface area (Å²) in [5.74, 6) is 0.106. The number of aryl methyl sites for hydroxylation is 1. The van der Waals surface area contributed by atoms with Crippen molar-refractivity contribution in [3.05, 3.63) is 65.4 Å². The highest BCUT2D eigenvalue weighted by atomic mass is 16.2. The molecule has 1 atom stereocenters. The molecule has 116 valence electrons. The van der Waals surface area contributed by atoms with E-state index in [0.717, 1.165) is 41.7 Å². The van der Waals surface area contributed by atoms with Crippen LogP contribution >= 0.6 is 0 Å². The van der Waals surface area contributed by atoms with Crippen molar-refractivity contribution in [3.63, 3.8) is 0 Å². The first-order valence-corrected chi connectivity index (χ1v) is 8.01. The molecule has 1 aliphatic heterocycles. The van der Waals surface area contributed by atoms with Crippen molar-refractivity contribution in [1.82, 2.24) is 15.1 Å². The van der Waals surface area contributed by atoms with Crippen molar-refractivity contribution in [1.29, 1.82) is 0 Å². The Kier molecular flexibility index (Phi) is 3.37. The number of amides is 1. The molecule has 0 aliphatic carbocycles. The molecular weight excluding hydrogens is 286 g/mol. The van der Waals surface area contributed by atoms with E-state index < -0.39 is 0 Å². The smallest absolute Gasteiger partial charge is 0.227 e. The highest BCUT2D eigenvalue weighted by molar-refractivity contribution is 5.88. The number of nitrogens with one attached hydrogen (secondary N) is 1. The standard InChI is InChI=1S/C19H19N3O/c1-13-16-8-7-15(17-9-10-20-19(17)23)11-18(16)22(21-13)12-14-5-3-2-4-6-14/h2-8,11,17H,9-10,12H2,1H3,(H,20,23). The molecule has 1 fully saturated rings. The normalized spacial score (nSPS) is 17.6. The second-order valence-electron chi connectivity index (χ2n) is 6.14. The van der Waals surface area contributed by atoms with Gasteiger partial charge in [-0.25, -0.2) is 0 Å². The van der Waals surface area contributed by atoms with E-state index in [0.29, 0.717) is 0 Å². The first kappa shape index (κ1) is 14.0. The Morgan fingerprint density at radius 2 is 2.04 bits per heavy atom. The number of aromatic nitrogens is 2. The van der Waals surface area contributed by atoms with E-state index in [1.54, 1.807) is 0 Å². The lowest BCUT2D eigenvalue weighted by molar-refractivity contribution is -0.120. The topological polar surface area (TPSA) is 46.9 Å². The number of fused-ring (bicyclic) bond motifs is 1. The van der Waals surface area contributed by atoms with Crippen molar-refractivity contribution in [2.24, 2.45) is 0 Å². The van der Waals surface area contributed by atoms with Crippen molar-refractivity contribution in [2.45, 2.75) is 25.8 Å². The molecule has 3 aromatic rings. The first-order chi connectivity index (χ1) is 11.2. The second-order valence-corrected chi connectivity index (χ2v) is 6.14. The van der Waals surface area contributed by atoms with E-state index in [4.69, 9.17) is 0 Å². The van der Waals surface area contributed by atoms with Gasteiger partial charge >= 0.3 is 0 Å². The largest absolute Gasteiger partial charge is 0.356 e. The summed E-state index contributed by atoms with van der Waals surface area (Å²) in [7, 11) is 0. The first-order valence-electron chi connectivity index (χ1n) is 8.01. The van der Waals surface area contributed by atoms with E-state index >= 15 is 0 Å². The molecule has 1 aliphatic rings. The highest BCUT2D eigenvalue weighted by Gasteiger charge is 2.26. The van der Waals surface area contributed by atoms with E-state index in [1.165, 1.54) is 5.56 Å². The van der Waals surface area contributed by atoms with Crippen molar-refractivity contribution >= 4 is 16.8 Å². The predicted molar refractivity (Wildman–Crippen MR) is 90.4 cm³/mol. The quantitative estimate of drug-likeness (QED) is 0.808. The molecule has 23 heavy (non-hydrogen) atoms. The Balaban J connectivity index is 1.77. The lowest BCUT2D eigenvalue weighted by atomic mass is 9.96. The highest BCUT2D eigenvalue weighted by Crippen LogP contribution is 2.28. The van der Waals surface area contributed by atoms with Gasteiger partial charge in [-0.15, -0.1) is 0 Å². The third-order valence-electron chi connectivity index (χ3n) is 4.59. The summed E-state index contributed by atoms with van der Waals surface area (Å²) in [5.41, 5.74) is 4.43. The molecule has 0 saturated carbocycles. The maximum atomic E-state index is 12.0. The van der Waals surface area contributed by atoms with Crippen LogP contribution in [0.2, 0.25) is 0 Å². The van der Waals surface area contributed by atoms with Gasteiger partial charge in [0.05, 0.1) is 23.7 Å². The SMILES string of the molecule is Cc1nn(Cc2ccccc2)c2cc(C3CCNC3=O)ccc12. The van der Waals surface area contributed by atoms with Gasteiger partial charge in [-0.3, -0.25) is 9.48 Å². The van der Waals surface area contributed by atoms with Gasteiger partial charge in [0, 0.05) is 11.9 Å². The molecule has 4 rings (SSSR count). The second kappa shape index (κ2) is 5.54. The minimum Gasteiger partial charge on any atom is -0.356 e. The summed E-state index contributed by atoms with van der Waals surface area (Å²) in [6.45, 7) is 3.54. The number of carbonyl (C=O) groups excluding carboxylic acids is 1. The van der Waals surface area contributed by atoms with Crippen LogP contribution in [0.5, 0.6) is 0 Å². The van der Waals surface area contributed by atoms with Crippen LogP contribution in [0.1, 0.15) is 29.2 Å². The molecule has 2 aromatic carbocycles. The summed E-state index contributed by atoms with van der Waals surface area (Å²) in [6.07, 6.45) is 0.871. The van der Waals surface area contributed by atoms with Gasteiger partial charge in [-0.2, -0.15) is 5.10 Å². The van der Waals surface area contributed by atoms with Gasteiger partial charge in [0.1, 0.15) is 0 Å². The minimum absolute atomic E-state index is 0.0280. The summed E-state index contributed by atoms with van der Waals surface area (Å²) >= 11 is 0. The zero-order valence-electron chi connectivity index (χ0n) is 13.1. The molecule has 1 unspecified atom stereocenters. The maximum absolute atomic E-state index is 12.0. The predicted octanol–water partition coefficient (Wildman–Crippen LogP) is 3.00. The van der Waals surface area contributed by atoms with Crippen molar-refractivity contribution in [2.75, 3.05) is 6.54 Å². The van der Waals surface area contributed by atoms with Crippen LogP contribution in [0, 0.1) is 6.92 Å². The fourth-order valence-corrected chi connectivity index (χ4v) is 3.36. The molecule has 1 N–H and O–H groups in total. The van der Waals surface area contributed by atoms with E-state index in [-0.39, 0.29) is 11.8 Å². The number of benzene rings is 2. The molecule has 1 saturated heterocycles. The Bertz CT molecular complexity index is 867. The van der Waals surface area contributed by atoms with Gasteiger partial charge in [-0.05, 0) is 30.5 Å². The number of nitrogens with zero attached hydrogens (tertiary/aromatic N) is 2. The van der Waals surface area contributed by atoms with Gasteiger partial charge < -0.3 is 5.32 Å². The lowest BCUT2D eigenvalue weighted by Crippen LogP contribution is -2.17. The molecule has 0 bridgehead atoms. The molecule has 0 spiro atoms. The summed E-state index contributed by atoms with van der Waals surface area (Å²) < 4.78 is 2.04. The third kappa shape index (κ3) is 2.50. The fourth-order valence-electron chi connectivity index (χ4n) is 3.36. The molecule has 1 amide bonds. The molecule has 1 aromatic heterocycles. The van der Waals surface area contributed by atoms with Gasteiger partial charge in [0.2, 0.25) is 5.91 Å². The average molecular weight is 305 g/mol.